The highest BCUT2D eigenvalue weighted by Crippen LogP contribution is 2.25. The van der Waals surface area contributed by atoms with Crippen LogP contribution in [0.4, 0.5) is 10.5 Å². The molecule has 0 radical (unpaired) electrons. The lowest BCUT2D eigenvalue weighted by Crippen LogP contribution is -2.19. The van der Waals surface area contributed by atoms with Crippen molar-refractivity contribution in [1.82, 2.24) is 10.2 Å². The molecule has 2 amide bonds. The Kier molecular flexibility index (Phi) is 5.54. The van der Waals surface area contributed by atoms with Crippen molar-refractivity contribution in [3.05, 3.63) is 60.0 Å². The fraction of sp³-hybridized carbons (Fsp3) is 0.158. The number of anilines is 1. The second kappa shape index (κ2) is 8.21. The van der Waals surface area contributed by atoms with Crippen LogP contribution in [0.15, 0.2) is 52.9 Å². The lowest BCUT2D eigenvalue weighted by atomic mass is 10.2. The summed E-state index contributed by atoms with van der Waals surface area (Å²) in [6, 6.07) is 12.5. The Morgan fingerprint density at radius 3 is 2.36 bits per heavy atom. The summed E-state index contributed by atoms with van der Waals surface area (Å²) in [6.07, 6.45) is -0.740. The zero-order valence-corrected chi connectivity index (χ0v) is 15.2. The van der Waals surface area contributed by atoms with Gasteiger partial charge in [0.15, 0.2) is 6.10 Å². The number of nitrogens with zero attached hydrogens (tertiary/aromatic N) is 2. The van der Waals surface area contributed by atoms with Crippen molar-refractivity contribution < 1.29 is 23.5 Å². The van der Waals surface area contributed by atoms with Gasteiger partial charge in [-0.05, 0) is 55.5 Å². The van der Waals surface area contributed by atoms with Gasteiger partial charge in [-0.25, -0.2) is 9.59 Å². The number of esters is 1. The zero-order valence-electron chi connectivity index (χ0n) is 15.2. The van der Waals surface area contributed by atoms with Crippen LogP contribution in [-0.2, 0) is 4.74 Å². The molecule has 1 atom stereocenters. The monoisotopic (exact) mass is 382 g/mol. The second-order valence-corrected chi connectivity index (χ2v) is 5.79. The highest BCUT2D eigenvalue weighted by Gasteiger charge is 2.20. The Morgan fingerprint density at radius 2 is 1.75 bits per heavy atom. The van der Waals surface area contributed by atoms with E-state index in [2.05, 4.69) is 15.5 Å². The molecule has 1 aromatic heterocycles. The van der Waals surface area contributed by atoms with Crippen molar-refractivity contribution in [2.75, 3.05) is 12.4 Å². The number of urea groups is 1. The first-order chi connectivity index (χ1) is 13.5. The molecule has 3 N–H and O–H groups in total. The number of methoxy groups -OCH3 is 1. The molecule has 1 heterocycles. The van der Waals surface area contributed by atoms with Crippen molar-refractivity contribution in [2.45, 2.75) is 13.0 Å². The SMILES string of the molecule is COc1ccc(-c2nnc(C(C)OC(=O)c3ccc(NC(N)=O)cc3)o2)cc1. The van der Waals surface area contributed by atoms with E-state index in [0.29, 0.717) is 22.9 Å². The van der Waals surface area contributed by atoms with Crippen molar-refractivity contribution in [3.8, 4) is 17.2 Å². The van der Waals surface area contributed by atoms with E-state index in [-0.39, 0.29) is 5.89 Å². The normalized spacial score (nSPS) is 11.5. The van der Waals surface area contributed by atoms with Crippen molar-refractivity contribution in [3.63, 3.8) is 0 Å². The average Bonchev–Trinajstić information content (AvgIpc) is 3.18. The molecule has 0 saturated carbocycles. The van der Waals surface area contributed by atoms with E-state index < -0.39 is 18.1 Å². The molecular weight excluding hydrogens is 364 g/mol. The first kappa shape index (κ1) is 18.9. The first-order valence-electron chi connectivity index (χ1n) is 8.31. The Labute approximate surface area is 160 Å². The number of ether oxygens (including phenoxy) is 2. The molecule has 1 unspecified atom stereocenters. The fourth-order valence-electron chi connectivity index (χ4n) is 2.36. The van der Waals surface area contributed by atoms with Crippen LogP contribution in [0.25, 0.3) is 11.5 Å². The third-order valence-electron chi connectivity index (χ3n) is 3.80. The summed E-state index contributed by atoms with van der Waals surface area (Å²) < 4.78 is 16.1. The van der Waals surface area contributed by atoms with E-state index in [1.54, 1.807) is 50.4 Å². The van der Waals surface area contributed by atoms with Gasteiger partial charge in [0.2, 0.25) is 5.89 Å². The maximum atomic E-state index is 12.3. The van der Waals surface area contributed by atoms with Gasteiger partial charge < -0.3 is 24.9 Å². The van der Waals surface area contributed by atoms with Crippen LogP contribution in [0.5, 0.6) is 5.75 Å². The standard InChI is InChI=1S/C19H18N4O5/c1-11(27-18(24)13-3-7-14(8-4-13)21-19(20)25)16-22-23-17(28-16)12-5-9-15(26-2)10-6-12/h3-11H,1-2H3,(H3,20,21,25). The Hall–Kier alpha value is -3.88. The molecule has 2 aromatic carbocycles. The zero-order chi connectivity index (χ0) is 20.1. The van der Waals surface area contributed by atoms with Crippen LogP contribution in [0, 0.1) is 0 Å². The average molecular weight is 382 g/mol. The lowest BCUT2D eigenvalue weighted by Gasteiger charge is -2.10. The van der Waals surface area contributed by atoms with Crippen molar-refractivity contribution in [2.24, 2.45) is 5.73 Å². The summed E-state index contributed by atoms with van der Waals surface area (Å²) in [5.41, 5.74) is 6.53. The highest BCUT2D eigenvalue weighted by molar-refractivity contribution is 5.91. The van der Waals surface area contributed by atoms with Crippen LogP contribution in [0.3, 0.4) is 0 Å². The van der Waals surface area contributed by atoms with Crippen LogP contribution in [0.1, 0.15) is 29.3 Å². The topological polar surface area (TPSA) is 130 Å². The quantitative estimate of drug-likeness (QED) is 0.626. The molecule has 3 aromatic rings. The molecule has 144 valence electrons. The number of carbonyl (C=O) groups excluding carboxylic acids is 2. The van der Waals surface area contributed by atoms with Crippen LogP contribution < -0.4 is 15.8 Å². The summed E-state index contributed by atoms with van der Waals surface area (Å²) in [6.45, 7) is 1.63. The van der Waals surface area contributed by atoms with Crippen molar-refractivity contribution >= 4 is 17.7 Å². The van der Waals surface area contributed by atoms with Crippen LogP contribution >= 0.6 is 0 Å². The third-order valence-corrected chi connectivity index (χ3v) is 3.80. The summed E-state index contributed by atoms with van der Waals surface area (Å²) in [5.74, 6) is 0.624. The molecule has 9 heteroatoms. The molecule has 0 aliphatic carbocycles. The molecule has 0 aliphatic heterocycles. The lowest BCUT2D eigenvalue weighted by molar-refractivity contribution is 0.0280. The van der Waals surface area contributed by atoms with E-state index in [1.165, 1.54) is 12.1 Å². The van der Waals surface area contributed by atoms with Crippen LogP contribution in [-0.4, -0.2) is 29.3 Å². The number of amides is 2. The molecule has 0 spiro atoms. The van der Waals surface area contributed by atoms with Gasteiger partial charge in [-0.3, -0.25) is 0 Å². The number of rotatable bonds is 6. The highest BCUT2D eigenvalue weighted by atomic mass is 16.6. The van der Waals surface area contributed by atoms with Gasteiger partial charge in [-0.2, -0.15) is 0 Å². The number of nitrogens with one attached hydrogen (secondary N) is 1. The number of hydrogen-bond donors (Lipinski definition) is 2. The summed E-state index contributed by atoms with van der Waals surface area (Å²) in [4.78, 5) is 23.1. The molecule has 9 nitrogen and oxygen atoms in total. The minimum atomic E-state index is -0.740. The van der Waals surface area contributed by atoms with Gasteiger partial charge in [0, 0.05) is 11.3 Å². The summed E-state index contributed by atoms with van der Waals surface area (Å²) in [5, 5.41) is 10.3. The van der Waals surface area contributed by atoms with Gasteiger partial charge in [0.25, 0.3) is 5.89 Å². The molecular formula is C19H18N4O5. The second-order valence-electron chi connectivity index (χ2n) is 5.79. The fourth-order valence-corrected chi connectivity index (χ4v) is 2.36. The number of aromatic nitrogens is 2. The van der Waals surface area contributed by atoms with Crippen LogP contribution in [0.2, 0.25) is 0 Å². The largest absolute Gasteiger partial charge is 0.497 e. The Bertz CT molecular complexity index is 967. The molecule has 0 bridgehead atoms. The number of primary amides is 1. The number of nitrogens with two attached hydrogens (primary N) is 1. The maximum absolute atomic E-state index is 12.3. The summed E-state index contributed by atoms with van der Waals surface area (Å²) >= 11 is 0. The first-order valence-corrected chi connectivity index (χ1v) is 8.31. The van der Waals surface area contributed by atoms with Gasteiger partial charge in [0.05, 0.1) is 12.7 Å². The third kappa shape index (κ3) is 4.44. The van der Waals surface area contributed by atoms with E-state index in [1.807, 2.05) is 0 Å². The Morgan fingerprint density at radius 1 is 1.07 bits per heavy atom. The molecule has 0 fully saturated rings. The van der Waals surface area contributed by atoms with E-state index in [4.69, 9.17) is 19.6 Å². The van der Waals surface area contributed by atoms with E-state index in [9.17, 15) is 9.59 Å². The van der Waals surface area contributed by atoms with E-state index >= 15 is 0 Å². The minimum Gasteiger partial charge on any atom is -0.497 e. The molecule has 0 saturated heterocycles. The van der Waals surface area contributed by atoms with Gasteiger partial charge in [-0.1, -0.05) is 0 Å². The number of benzene rings is 2. The predicted molar refractivity (Wildman–Crippen MR) is 99.8 cm³/mol. The molecule has 28 heavy (non-hydrogen) atoms. The molecule has 3 rings (SSSR count). The van der Waals surface area contributed by atoms with Gasteiger partial charge in [-0.15, -0.1) is 10.2 Å². The van der Waals surface area contributed by atoms with Gasteiger partial charge >= 0.3 is 12.0 Å². The number of carbonyl (C=O) groups is 2. The minimum absolute atomic E-state index is 0.172. The van der Waals surface area contributed by atoms with Crippen molar-refractivity contribution in [1.29, 1.82) is 0 Å². The van der Waals surface area contributed by atoms with Gasteiger partial charge in [0.1, 0.15) is 5.75 Å². The predicted octanol–water partition coefficient (Wildman–Crippen LogP) is 3.15. The molecule has 0 aliphatic rings. The smallest absolute Gasteiger partial charge is 0.338 e. The Balaban J connectivity index is 1.65. The summed E-state index contributed by atoms with van der Waals surface area (Å²) in [7, 11) is 1.58. The van der Waals surface area contributed by atoms with E-state index in [0.717, 1.165) is 5.56 Å². The number of hydrogen-bond acceptors (Lipinski definition) is 7. The maximum Gasteiger partial charge on any atom is 0.338 e.